The zero-order valence-corrected chi connectivity index (χ0v) is 8.68. The molecule has 0 aliphatic heterocycles. The number of allylic oxidation sites excluding steroid dienone is 2. The monoisotopic (exact) mass is 167 g/mol. The van der Waals surface area contributed by atoms with Crippen molar-refractivity contribution in [1.82, 2.24) is 0 Å². The molecule has 1 radical (unpaired) electrons. The average Bonchev–Trinajstić information content (AvgIpc) is 2.10. The van der Waals surface area contributed by atoms with Gasteiger partial charge >= 0.3 is 0 Å². The summed E-state index contributed by atoms with van der Waals surface area (Å²) in [6.45, 7) is 4.38. The molecule has 71 valence electrons. The smallest absolute Gasteiger partial charge is 0.0351 e. The van der Waals surface area contributed by atoms with Crippen LogP contribution in [0.5, 0.6) is 0 Å². The average molecular weight is 167 g/mol. The van der Waals surface area contributed by atoms with E-state index in [9.17, 15) is 0 Å². The summed E-state index contributed by atoms with van der Waals surface area (Å²) in [7, 11) is 0. The van der Waals surface area contributed by atoms with Gasteiger partial charge in [-0.1, -0.05) is 51.7 Å². The first-order chi connectivity index (χ1) is 5.91. The lowest BCUT2D eigenvalue weighted by molar-refractivity contribution is 0.735. The van der Waals surface area contributed by atoms with Crippen molar-refractivity contribution < 1.29 is 0 Å². The van der Waals surface area contributed by atoms with Gasteiger partial charge < -0.3 is 0 Å². The van der Waals surface area contributed by atoms with Crippen LogP contribution in [0.25, 0.3) is 0 Å². The van der Waals surface area contributed by atoms with Crippen LogP contribution >= 0.6 is 0 Å². The van der Waals surface area contributed by atoms with Crippen molar-refractivity contribution in [2.75, 3.05) is 0 Å². The minimum absolute atomic E-state index is 1.27. The van der Waals surface area contributed by atoms with E-state index in [-0.39, 0.29) is 0 Å². The van der Waals surface area contributed by atoms with E-state index in [2.05, 4.69) is 32.4 Å². The molecule has 0 aromatic carbocycles. The van der Waals surface area contributed by atoms with Gasteiger partial charge in [-0.25, -0.2) is 0 Å². The first-order valence-corrected chi connectivity index (χ1v) is 5.34. The highest BCUT2D eigenvalue weighted by molar-refractivity contribution is 4.81. The molecule has 0 unspecified atom stereocenters. The van der Waals surface area contributed by atoms with Gasteiger partial charge in [0.15, 0.2) is 0 Å². The van der Waals surface area contributed by atoms with E-state index in [1.807, 2.05) is 0 Å². The van der Waals surface area contributed by atoms with Gasteiger partial charge in [0.25, 0.3) is 0 Å². The van der Waals surface area contributed by atoms with Gasteiger partial charge in [0.2, 0.25) is 0 Å². The molecule has 0 bridgehead atoms. The lowest BCUT2D eigenvalue weighted by Gasteiger charge is -1.93. The maximum atomic E-state index is 2.34. The van der Waals surface area contributed by atoms with Crippen LogP contribution in [-0.2, 0) is 0 Å². The Balaban J connectivity index is 2.92. The summed E-state index contributed by atoms with van der Waals surface area (Å²) in [5.41, 5.74) is 0. The van der Waals surface area contributed by atoms with Crippen molar-refractivity contribution in [2.24, 2.45) is 0 Å². The maximum Gasteiger partial charge on any atom is -0.0351 e. The first kappa shape index (κ1) is 11.7. The van der Waals surface area contributed by atoms with Crippen molar-refractivity contribution in [1.29, 1.82) is 0 Å². The molecule has 0 rings (SSSR count). The van der Waals surface area contributed by atoms with Crippen LogP contribution in [-0.4, -0.2) is 0 Å². The van der Waals surface area contributed by atoms with E-state index in [1.165, 1.54) is 44.9 Å². The van der Waals surface area contributed by atoms with E-state index in [0.29, 0.717) is 0 Å². The van der Waals surface area contributed by atoms with Crippen LogP contribution in [0.15, 0.2) is 12.2 Å². The summed E-state index contributed by atoms with van der Waals surface area (Å²) in [6, 6.07) is 0. The topological polar surface area (TPSA) is 0 Å². The predicted molar refractivity (Wildman–Crippen MR) is 57.1 cm³/mol. The Morgan fingerprint density at radius 2 is 1.42 bits per heavy atom. The fourth-order valence-electron chi connectivity index (χ4n) is 1.17. The summed E-state index contributed by atoms with van der Waals surface area (Å²) in [5, 5.41) is 0. The molecule has 0 heterocycles. The maximum absolute atomic E-state index is 2.34. The molecule has 0 heteroatoms. The summed E-state index contributed by atoms with van der Waals surface area (Å²) in [4.78, 5) is 0. The highest BCUT2D eigenvalue weighted by Gasteiger charge is 1.84. The van der Waals surface area contributed by atoms with Gasteiger partial charge in [0.05, 0.1) is 0 Å². The van der Waals surface area contributed by atoms with Gasteiger partial charge in [-0.05, 0) is 25.7 Å². The fourth-order valence-corrected chi connectivity index (χ4v) is 1.17. The van der Waals surface area contributed by atoms with Crippen molar-refractivity contribution >= 4 is 0 Å². The number of unbranched alkanes of at least 4 members (excludes halogenated alkanes) is 6. The second kappa shape index (κ2) is 10.7. The molecule has 0 fully saturated rings. The highest BCUT2D eigenvalue weighted by atomic mass is 13.9. The molecule has 0 N–H and O–H groups in total. The molecule has 0 nitrogen and oxygen atoms in total. The van der Waals surface area contributed by atoms with Crippen LogP contribution in [0.2, 0.25) is 0 Å². The number of rotatable bonds is 8. The van der Waals surface area contributed by atoms with Gasteiger partial charge in [-0.2, -0.15) is 0 Å². The van der Waals surface area contributed by atoms with Crippen molar-refractivity contribution in [3.8, 4) is 0 Å². The molecular formula is C12H23. The third-order valence-electron chi connectivity index (χ3n) is 2.00. The van der Waals surface area contributed by atoms with Crippen molar-refractivity contribution in [3.05, 3.63) is 18.6 Å². The molecule has 0 aliphatic carbocycles. The molecule has 12 heavy (non-hydrogen) atoms. The van der Waals surface area contributed by atoms with Gasteiger partial charge in [-0.15, -0.1) is 0 Å². The third-order valence-corrected chi connectivity index (χ3v) is 2.00. The van der Waals surface area contributed by atoms with Crippen LogP contribution in [0, 0.1) is 6.42 Å². The molecular weight excluding hydrogens is 144 g/mol. The second-order valence-corrected chi connectivity index (χ2v) is 3.31. The minimum Gasteiger partial charge on any atom is -0.0885 e. The zero-order valence-electron chi connectivity index (χ0n) is 8.68. The highest BCUT2D eigenvalue weighted by Crippen LogP contribution is 2.03. The lowest BCUT2D eigenvalue weighted by Crippen LogP contribution is -1.74. The van der Waals surface area contributed by atoms with Crippen LogP contribution in [0.1, 0.15) is 58.8 Å². The van der Waals surface area contributed by atoms with Gasteiger partial charge in [0, 0.05) is 0 Å². The van der Waals surface area contributed by atoms with Crippen LogP contribution in [0.3, 0.4) is 0 Å². The Labute approximate surface area is 78.1 Å². The normalized spacial score (nSPS) is 11.2. The first-order valence-electron chi connectivity index (χ1n) is 5.34. The molecule has 0 aliphatic rings. The molecule has 0 atom stereocenters. The van der Waals surface area contributed by atoms with Gasteiger partial charge in [0.1, 0.15) is 0 Å². The molecule has 0 amide bonds. The molecule has 0 spiro atoms. The van der Waals surface area contributed by atoms with E-state index in [4.69, 9.17) is 0 Å². The quantitative estimate of drug-likeness (QED) is 0.368. The summed E-state index contributed by atoms with van der Waals surface area (Å²) in [6.07, 6.45) is 16.1. The van der Waals surface area contributed by atoms with Crippen LogP contribution in [0.4, 0.5) is 0 Å². The zero-order chi connectivity index (χ0) is 9.07. The Kier molecular flexibility index (Phi) is 10.5. The Hall–Kier alpha value is -0.260. The fraction of sp³-hybridized carbons (Fsp3) is 0.750. The lowest BCUT2D eigenvalue weighted by atomic mass is 10.1. The van der Waals surface area contributed by atoms with Gasteiger partial charge in [-0.3, -0.25) is 0 Å². The number of hydrogen-bond acceptors (Lipinski definition) is 0. The summed E-state index contributed by atoms with van der Waals surface area (Å²) in [5.74, 6) is 0. The van der Waals surface area contributed by atoms with E-state index >= 15 is 0 Å². The molecule has 0 aromatic rings. The van der Waals surface area contributed by atoms with Crippen LogP contribution < -0.4 is 0 Å². The molecule has 0 aromatic heterocycles. The molecule has 0 saturated carbocycles. The summed E-state index contributed by atoms with van der Waals surface area (Å²) < 4.78 is 0. The van der Waals surface area contributed by atoms with Crippen molar-refractivity contribution in [3.63, 3.8) is 0 Å². The largest absolute Gasteiger partial charge is 0.0885 e. The Morgan fingerprint density at radius 3 is 2.00 bits per heavy atom. The van der Waals surface area contributed by atoms with Crippen molar-refractivity contribution in [2.45, 2.75) is 58.8 Å². The van der Waals surface area contributed by atoms with E-state index in [0.717, 1.165) is 0 Å². The summed E-state index contributed by atoms with van der Waals surface area (Å²) >= 11 is 0. The van der Waals surface area contributed by atoms with E-state index in [1.54, 1.807) is 0 Å². The SMILES string of the molecule is C[CH]CCCCC=CCCCC. The minimum atomic E-state index is 1.27. The molecule has 0 saturated heterocycles. The Bertz CT molecular complexity index is 92.2. The predicted octanol–water partition coefficient (Wildman–Crippen LogP) is 4.52. The standard InChI is InChI=1S/C12H23/c1-3-5-7-9-11-12-10-8-6-4-2/h3,10,12H,4-9,11H2,1-2H3. The third kappa shape index (κ3) is 9.74. The van der Waals surface area contributed by atoms with E-state index < -0.39 is 0 Å². The second-order valence-electron chi connectivity index (χ2n) is 3.31. The number of hydrogen-bond donors (Lipinski definition) is 0. The Morgan fingerprint density at radius 1 is 0.833 bits per heavy atom.